The summed E-state index contributed by atoms with van der Waals surface area (Å²) < 4.78 is 15.2. The second-order valence-corrected chi connectivity index (χ2v) is 15.9. The molecule has 0 aliphatic rings. The second-order valence-electron chi connectivity index (χ2n) is 15.9. The van der Waals surface area contributed by atoms with Gasteiger partial charge in [-0.15, -0.1) is 0 Å². The lowest BCUT2D eigenvalue weighted by Gasteiger charge is -2.12. The van der Waals surface area contributed by atoms with Gasteiger partial charge < -0.3 is 13.4 Å². The van der Waals surface area contributed by atoms with Crippen LogP contribution in [0.5, 0.6) is 0 Å². The molecule has 0 aliphatic heterocycles. The molecule has 4 aromatic heterocycles. The lowest BCUT2D eigenvalue weighted by atomic mass is 10.0. The molecule has 4 heterocycles. The molecule has 0 saturated heterocycles. The number of nitrogens with zero attached hydrogens (tertiary/aromatic N) is 5. The van der Waals surface area contributed by atoms with Gasteiger partial charge in [0.15, 0.2) is 23.1 Å². The van der Waals surface area contributed by atoms with Crippen molar-refractivity contribution in [1.29, 1.82) is 0 Å². The molecule has 7 heteroatoms. The molecule has 0 unspecified atom stereocenters. The van der Waals surface area contributed by atoms with Crippen molar-refractivity contribution < 1.29 is 8.83 Å². The molecule has 7 nitrogen and oxygen atoms in total. The number of oxazole rings is 1. The highest BCUT2D eigenvalue weighted by molar-refractivity contribution is 6.19. The van der Waals surface area contributed by atoms with Gasteiger partial charge >= 0.3 is 0 Å². The summed E-state index contributed by atoms with van der Waals surface area (Å²) in [4.78, 5) is 20.2. The Bertz CT molecular complexity index is 3920. The molecule has 294 valence electrons. The molecule has 0 fully saturated rings. The van der Waals surface area contributed by atoms with Crippen LogP contribution in [0.4, 0.5) is 0 Å². The first-order chi connectivity index (χ1) is 31.2. The fraction of sp³-hybridized carbons (Fsp3) is 0. The standard InChI is InChI=1S/C56H33N5O2/c1-3-13-34(14-4-1)53-58-54(60-55(59-53)41-25-28-50-46(32-41)43-23-9-10-24-49(43)62-50)40-21-11-19-36(29-40)37-20-12-22-42(30-37)61-48-33-39-18-8-7-17-38(39)31-45(48)44-26-27-47-52(51(44)61)63-56(57-47)35-15-5-2-6-16-35/h1-33H. The van der Waals surface area contributed by atoms with Gasteiger partial charge in [-0.1, -0.05) is 121 Å². The van der Waals surface area contributed by atoms with Gasteiger partial charge in [0.05, 0.1) is 11.0 Å². The maximum absolute atomic E-state index is 6.70. The van der Waals surface area contributed by atoms with Gasteiger partial charge in [-0.05, 0) is 101 Å². The van der Waals surface area contributed by atoms with Crippen LogP contribution in [0.1, 0.15) is 0 Å². The van der Waals surface area contributed by atoms with Crippen molar-refractivity contribution >= 4 is 65.6 Å². The molecule has 0 radical (unpaired) electrons. The van der Waals surface area contributed by atoms with Crippen LogP contribution in [0.3, 0.4) is 0 Å². The number of furan rings is 1. The molecule has 0 amide bonds. The minimum absolute atomic E-state index is 0.588. The Kier molecular flexibility index (Phi) is 7.77. The summed E-state index contributed by atoms with van der Waals surface area (Å²) >= 11 is 0. The van der Waals surface area contributed by atoms with Gasteiger partial charge in [0.1, 0.15) is 16.7 Å². The van der Waals surface area contributed by atoms with Crippen molar-refractivity contribution in [3.63, 3.8) is 0 Å². The van der Waals surface area contributed by atoms with E-state index in [9.17, 15) is 0 Å². The minimum Gasteiger partial charge on any atom is -0.456 e. The Morgan fingerprint density at radius 2 is 0.968 bits per heavy atom. The first-order valence-electron chi connectivity index (χ1n) is 20.9. The lowest BCUT2D eigenvalue weighted by molar-refractivity contribution is 0.621. The van der Waals surface area contributed by atoms with Crippen LogP contribution in [0, 0.1) is 0 Å². The predicted octanol–water partition coefficient (Wildman–Crippen LogP) is 14.5. The molecular formula is C56H33N5O2. The van der Waals surface area contributed by atoms with Crippen LogP contribution in [0.2, 0.25) is 0 Å². The van der Waals surface area contributed by atoms with Gasteiger partial charge in [-0.3, -0.25) is 0 Å². The van der Waals surface area contributed by atoms with Crippen molar-refractivity contribution in [2.75, 3.05) is 0 Å². The number of aromatic nitrogens is 5. The molecular weight excluding hydrogens is 775 g/mol. The number of fused-ring (bicyclic) bond motifs is 9. The topological polar surface area (TPSA) is 82.8 Å². The number of rotatable bonds is 6. The molecule has 63 heavy (non-hydrogen) atoms. The summed E-state index contributed by atoms with van der Waals surface area (Å²) in [5.41, 5.74) is 12.0. The Morgan fingerprint density at radius 3 is 1.78 bits per heavy atom. The molecule has 0 saturated carbocycles. The monoisotopic (exact) mass is 807 g/mol. The smallest absolute Gasteiger partial charge is 0.227 e. The van der Waals surface area contributed by atoms with Gasteiger partial charge in [-0.25, -0.2) is 19.9 Å². The Hall–Kier alpha value is -8.68. The molecule has 9 aromatic carbocycles. The fourth-order valence-corrected chi connectivity index (χ4v) is 9.02. The highest BCUT2D eigenvalue weighted by Gasteiger charge is 2.21. The zero-order valence-electron chi connectivity index (χ0n) is 33.6. The van der Waals surface area contributed by atoms with Crippen molar-refractivity contribution in [2.24, 2.45) is 0 Å². The maximum Gasteiger partial charge on any atom is 0.227 e. The van der Waals surface area contributed by atoms with Crippen molar-refractivity contribution in [3.05, 3.63) is 200 Å². The van der Waals surface area contributed by atoms with Crippen molar-refractivity contribution in [3.8, 4) is 62.4 Å². The van der Waals surface area contributed by atoms with E-state index in [4.69, 9.17) is 28.8 Å². The van der Waals surface area contributed by atoms with E-state index in [0.29, 0.717) is 23.4 Å². The molecule has 0 aliphatic carbocycles. The van der Waals surface area contributed by atoms with Crippen molar-refractivity contribution in [2.45, 2.75) is 0 Å². The largest absolute Gasteiger partial charge is 0.456 e. The average molecular weight is 808 g/mol. The van der Waals surface area contributed by atoms with E-state index >= 15 is 0 Å². The summed E-state index contributed by atoms with van der Waals surface area (Å²) in [5.74, 6) is 2.38. The highest BCUT2D eigenvalue weighted by Crippen LogP contribution is 2.41. The van der Waals surface area contributed by atoms with E-state index in [2.05, 4.69) is 114 Å². The zero-order valence-corrected chi connectivity index (χ0v) is 33.6. The third-order valence-electron chi connectivity index (χ3n) is 12.0. The SMILES string of the molecule is c1ccc(-c2nc(-c3cccc(-c4cccc(-n5c6cc7ccccc7cc6c6ccc7nc(-c8ccccc8)oc7c65)c4)c3)nc(-c3ccc4oc5ccccc5c4c3)n2)cc1. The molecule has 13 rings (SSSR count). The normalized spacial score (nSPS) is 11.8. The van der Waals surface area contributed by atoms with Gasteiger partial charge in [0.2, 0.25) is 5.89 Å². The van der Waals surface area contributed by atoms with Crippen LogP contribution in [0.15, 0.2) is 209 Å². The van der Waals surface area contributed by atoms with E-state index in [-0.39, 0.29) is 0 Å². The summed E-state index contributed by atoms with van der Waals surface area (Å²) in [6.07, 6.45) is 0. The predicted molar refractivity (Wildman–Crippen MR) is 254 cm³/mol. The van der Waals surface area contributed by atoms with Crippen LogP contribution in [0.25, 0.3) is 128 Å². The quantitative estimate of drug-likeness (QED) is 0.166. The minimum atomic E-state index is 0.588. The van der Waals surface area contributed by atoms with E-state index in [1.54, 1.807) is 0 Å². The van der Waals surface area contributed by atoms with Gasteiger partial charge in [-0.2, -0.15) is 0 Å². The molecule has 0 bridgehead atoms. The van der Waals surface area contributed by atoms with E-state index in [0.717, 1.165) is 93.9 Å². The number of hydrogen-bond donors (Lipinski definition) is 0. The van der Waals surface area contributed by atoms with E-state index in [1.807, 2.05) is 91.0 Å². The van der Waals surface area contributed by atoms with E-state index < -0.39 is 0 Å². The fourth-order valence-electron chi connectivity index (χ4n) is 9.02. The van der Waals surface area contributed by atoms with Gasteiger partial charge in [0, 0.05) is 49.5 Å². The first kappa shape index (κ1) is 35.1. The van der Waals surface area contributed by atoms with E-state index in [1.165, 1.54) is 10.8 Å². The molecule has 0 spiro atoms. The Labute approximate surface area is 360 Å². The highest BCUT2D eigenvalue weighted by atomic mass is 16.3. The first-order valence-corrected chi connectivity index (χ1v) is 20.9. The van der Waals surface area contributed by atoms with Crippen LogP contribution < -0.4 is 0 Å². The summed E-state index contributed by atoms with van der Waals surface area (Å²) in [6.45, 7) is 0. The maximum atomic E-state index is 6.70. The molecule has 13 aromatic rings. The number of para-hydroxylation sites is 1. The Balaban J connectivity index is 0.969. The third kappa shape index (κ3) is 5.82. The van der Waals surface area contributed by atoms with Crippen LogP contribution in [-0.2, 0) is 0 Å². The van der Waals surface area contributed by atoms with Gasteiger partial charge in [0.25, 0.3) is 0 Å². The second kappa shape index (κ2) is 13.9. The zero-order chi connectivity index (χ0) is 41.4. The van der Waals surface area contributed by atoms with Crippen LogP contribution >= 0.6 is 0 Å². The Morgan fingerprint density at radius 1 is 0.349 bits per heavy atom. The molecule has 0 atom stereocenters. The summed E-state index contributed by atoms with van der Waals surface area (Å²) in [6, 6.07) is 68.9. The average Bonchev–Trinajstić information content (AvgIpc) is 4.05. The van der Waals surface area contributed by atoms with Crippen molar-refractivity contribution in [1.82, 2.24) is 24.5 Å². The van der Waals surface area contributed by atoms with Crippen LogP contribution in [-0.4, -0.2) is 24.5 Å². The number of benzene rings is 9. The summed E-state index contributed by atoms with van der Waals surface area (Å²) in [5, 5.41) is 6.68. The number of hydrogen-bond acceptors (Lipinski definition) is 6. The third-order valence-corrected chi connectivity index (χ3v) is 12.0. The molecule has 0 N–H and O–H groups in total. The summed E-state index contributed by atoms with van der Waals surface area (Å²) in [7, 11) is 0. The lowest BCUT2D eigenvalue weighted by Crippen LogP contribution is -2.00.